The van der Waals surface area contributed by atoms with Gasteiger partial charge in [0.15, 0.2) is 0 Å². The number of carbonyl (C=O) groups is 2. The molecule has 1 aromatic carbocycles. The molecule has 0 unspecified atom stereocenters. The number of hydrogen-bond donors (Lipinski definition) is 3. The van der Waals surface area contributed by atoms with Gasteiger partial charge in [0.1, 0.15) is 17.1 Å². The van der Waals surface area contributed by atoms with Gasteiger partial charge >= 0.3 is 0 Å². The fraction of sp³-hybridized carbons (Fsp3) is 0.333. The third kappa shape index (κ3) is 3.73. The second-order valence-electron chi connectivity index (χ2n) is 3.59. The lowest BCUT2D eigenvalue weighted by Crippen LogP contribution is -2.31. The first kappa shape index (κ1) is 14.0. The van der Waals surface area contributed by atoms with Crippen molar-refractivity contribution in [3.8, 4) is 5.75 Å². The Morgan fingerprint density at radius 1 is 1.33 bits per heavy atom. The molecule has 2 amide bonds. The van der Waals surface area contributed by atoms with Gasteiger partial charge in [0, 0.05) is 19.5 Å². The van der Waals surface area contributed by atoms with Crippen LogP contribution in [0.1, 0.15) is 23.7 Å². The van der Waals surface area contributed by atoms with Crippen LogP contribution in [0, 0.1) is 5.82 Å². The molecule has 0 saturated carbocycles. The van der Waals surface area contributed by atoms with Crippen molar-refractivity contribution in [2.24, 2.45) is 0 Å². The van der Waals surface area contributed by atoms with Crippen molar-refractivity contribution in [3.63, 3.8) is 0 Å². The molecular formula is C12H15FN2O3. The number of halogens is 1. The van der Waals surface area contributed by atoms with Gasteiger partial charge in [-0.25, -0.2) is 4.39 Å². The molecule has 0 aliphatic carbocycles. The maximum atomic E-state index is 13.3. The Hall–Kier alpha value is -2.11. The van der Waals surface area contributed by atoms with Crippen molar-refractivity contribution < 1.29 is 19.1 Å². The second-order valence-corrected chi connectivity index (χ2v) is 3.59. The summed E-state index contributed by atoms with van der Waals surface area (Å²) in [6.07, 6.45) is 0.106. The molecule has 0 bridgehead atoms. The quantitative estimate of drug-likeness (QED) is 0.726. The van der Waals surface area contributed by atoms with E-state index in [1.165, 1.54) is 12.1 Å². The molecule has 0 aliphatic rings. The second kappa shape index (κ2) is 6.58. The minimum absolute atomic E-state index is 0.0818. The van der Waals surface area contributed by atoms with Gasteiger partial charge < -0.3 is 15.7 Å². The lowest BCUT2D eigenvalue weighted by molar-refractivity contribution is -0.120. The van der Waals surface area contributed by atoms with Crippen LogP contribution in [0.4, 0.5) is 4.39 Å². The highest BCUT2D eigenvalue weighted by atomic mass is 19.1. The Bertz CT molecular complexity index is 429. The van der Waals surface area contributed by atoms with E-state index in [0.29, 0.717) is 6.54 Å². The van der Waals surface area contributed by atoms with Gasteiger partial charge in [-0.15, -0.1) is 0 Å². The third-order valence-corrected chi connectivity index (χ3v) is 2.23. The molecule has 0 fully saturated rings. The summed E-state index contributed by atoms with van der Waals surface area (Å²) >= 11 is 0. The molecule has 0 aromatic heterocycles. The summed E-state index contributed by atoms with van der Waals surface area (Å²) in [6.45, 7) is 2.38. The summed E-state index contributed by atoms with van der Waals surface area (Å²) in [6, 6.07) is 3.61. The standard InChI is InChI=1S/C12H15FN2O3/c1-2-14-10(17)6-7-15-12(18)11-8(13)4-3-5-9(11)16/h3-5,16H,2,6-7H2,1H3,(H,14,17)(H,15,18). The molecule has 0 saturated heterocycles. The average Bonchev–Trinajstić information content (AvgIpc) is 2.29. The molecule has 18 heavy (non-hydrogen) atoms. The summed E-state index contributed by atoms with van der Waals surface area (Å²) < 4.78 is 13.3. The van der Waals surface area contributed by atoms with E-state index in [4.69, 9.17) is 0 Å². The third-order valence-electron chi connectivity index (χ3n) is 2.23. The van der Waals surface area contributed by atoms with E-state index >= 15 is 0 Å². The Balaban J connectivity index is 2.53. The van der Waals surface area contributed by atoms with Crippen molar-refractivity contribution >= 4 is 11.8 Å². The van der Waals surface area contributed by atoms with Crippen LogP contribution in [0.3, 0.4) is 0 Å². The summed E-state index contributed by atoms with van der Waals surface area (Å²) in [5.74, 6) is -2.17. The molecule has 5 nitrogen and oxygen atoms in total. The van der Waals surface area contributed by atoms with Crippen LogP contribution in [0.25, 0.3) is 0 Å². The van der Waals surface area contributed by atoms with E-state index in [2.05, 4.69) is 10.6 Å². The van der Waals surface area contributed by atoms with Crippen LogP contribution in [0.15, 0.2) is 18.2 Å². The van der Waals surface area contributed by atoms with Crippen molar-refractivity contribution in [1.29, 1.82) is 0 Å². The molecule has 0 atom stereocenters. The molecule has 1 aromatic rings. The Morgan fingerprint density at radius 3 is 2.67 bits per heavy atom. The smallest absolute Gasteiger partial charge is 0.258 e. The molecule has 1 rings (SSSR count). The number of hydrogen-bond acceptors (Lipinski definition) is 3. The maximum Gasteiger partial charge on any atom is 0.258 e. The first-order valence-corrected chi connectivity index (χ1v) is 5.58. The molecule has 0 heterocycles. The van der Waals surface area contributed by atoms with Crippen molar-refractivity contribution in [2.75, 3.05) is 13.1 Å². The Labute approximate surface area is 104 Å². The lowest BCUT2D eigenvalue weighted by Gasteiger charge is -2.07. The summed E-state index contributed by atoms with van der Waals surface area (Å²) in [5.41, 5.74) is -0.409. The highest BCUT2D eigenvalue weighted by molar-refractivity contribution is 5.97. The van der Waals surface area contributed by atoms with Crippen LogP contribution in [0.5, 0.6) is 5.75 Å². The van der Waals surface area contributed by atoms with Gasteiger partial charge in [0.2, 0.25) is 5.91 Å². The van der Waals surface area contributed by atoms with Crippen LogP contribution >= 0.6 is 0 Å². The number of nitrogens with one attached hydrogen (secondary N) is 2. The van der Waals surface area contributed by atoms with E-state index in [1.54, 1.807) is 6.92 Å². The highest BCUT2D eigenvalue weighted by Gasteiger charge is 2.16. The Morgan fingerprint density at radius 2 is 2.06 bits per heavy atom. The number of rotatable bonds is 5. The van der Waals surface area contributed by atoms with E-state index in [-0.39, 0.29) is 18.9 Å². The molecule has 6 heteroatoms. The van der Waals surface area contributed by atoms with Gasteiger partial charge in [0.25, 0.3) is 5.91 Å². The number of amides is 2. The lowest BCUT2D eigenvalue weighted by atomic mass is 10.1. The van der Waals surface area contributed by atoms with Crippen LogP contribution < -0.4 is 10.6 Å². The fourth-order valence-corrected chi connectivity index (χ4v) is 1.40. The van der Waals surface area contributed by atoms with E-state index < -0.39 is 23.0 Å². The van der Waals surface area contributed by atoms with Crippen LogP contribution in [0.2, 0.25) is 0 Å². The molecule has 3 N–H and O–H groups in total. The zero-order valence-electron chi connectivity index (χ0n) is 10.00. The number of phenols is 1. The minimum atomic E-state index is -0.800. The summed E-state index contributed by atoms with van der Waals surface area (Å²) in [5, 5.41) is 14.3. The zero-order valence-corrected chi connectivity index (χ0v) is 10.00. The van der Waals surface area contributed by atoms with E-state index in [1.807, 2.05) is 0 Å². The van der Waals surface area contributed by atoms with E-state index in [0.717, 1.165) is 6.07 Å². The minimum Gasteiger partial charge on any atom is -0.507 e. The summed E-state index contributed by atoms with van der Waals surface area (Å²) in [4.78, 5) is 22.7. The van der Waals surface area contributed by atoms with Crippen molar-refractivity contribution in [2.45, 2.75) is 13.3 Å². The Kier molecular flexibility index (Phi) is 5.10. The SMILES string of the molecule is CCNC(=O)CCNC(=O)c1c(O)cccc1F. The largest absolute Gasteiger partial charge is 0.507 e. The maximum absolute atomic E-state index is 13.3. The van der Waals surface area contributed by atoms with Gasteiger partial charge in [-0.2, -0.15) is 0 Å². The first-order valence-electron chi connectivity index (χ1n) is 5.58. The van der Waals surface area contributed by atoms with Crippen molar-refractivity contribution in [3.05, 3.63) is 29.6 Å². The number of carbonyl (C=O) groups excluding carboxylic acids is 2. The molecule has 0 radical (unpaired) electrons. The van der Waals surface area contributed by atoms with Crippen molar-refractivity contribution in [1.82, 2.24) is 10.6 Å². The van der Waals surface area contributed by atoms with Gasteiger partial charge in [-0.05, 0) is 19.1 Å². The van der Waals surface area contributed by atoms with E-state index in [9.17, 15) is 19.1 Å². The van der Waals surface area contributed by atoms with Gasteiger partial charge in [0.05, 0.1) is 0 Å². The van der Waals surface area contributed by atoms with Gasteiger partial charge in [-0.1, -0.05) is 6.07 Å². The number of aromatic hydroxyl groups is 1. The fourth-order valence-electron chi connectivity index (χ4n) is 1.40. The monoisotopic (exact) mass is 254 g/mol. The predicted octanol–water partition coefficient (Wildman–Crippen LogP) is 0.787. The molecular weight excluding hydrogens is 239 g/mol. The molecule has 98 valence electrons. The molecule has 0 spiro atoms. The van der Waals surface area contributed by atoms with Crippen LogP contribution in [-0.4, -0.2) is 30.0 Å². The number of phenolic OH excluding ortho intramolecular Hbond substituents is 1. The zero-order chi connectivity index (χ0) is 13.5. The first-order chi connectivity index (χ1) is 8.56. The average molecular weight is 254 g/mol. The number of benzene rings is 1. The normalized spacial score (nSPS) is 9.89. The van der Waals surface area contributed by atoms with Crippen LogP contribution in [-0.2, 0) is 4.79 Å². The predicted molar refractivity (Wildman–Crippen MR) is 63.7 cm³/mol. The molecule has 0 aliphatic heterocycles. The topological polar surface area (TPSA) is 78.4 Å². The summed E-state index contributed by atoms with van der Waals surface area (Å²) in [7, 11) is 0. The highest BCUT2D eigenvalue weighted by Crippen LogP contribution is 2.19. The van der Waals surface area contributed by atoms with Gasteiger partial charge in [-0.3, -0.25) is 9.59 Å².